The first-order chi connectivity index (χ1) is 6.94. The van der Waals surface area contributed by atoms with Crippen LogP contribution < -0.4 is 0 Å². The van der Waals surface area contributed by atoms with Gasteiger partial charge in [-0.25, -0.2) is 4.79 Å². The predicted octanol–water partition coefficient (Wildman–Crippen LogP) is 4.66. The third kappa shape index (κ3) is 6.67. The SMILES string of the molecule is CC(Cl)(Cl)C(Cl)OC(=O)OC(Cl)C(C)(Cl)Cl. The zero-order chi connectivity index (χ0) is 13.1. The molecule has 0 fully saturated rings. The third-order valence-corrected chi connectivity index (χ3v) is 3.49. The first-order valence-electron chi connectivity index (χ1n) is 3.85. The van der Waals surface area contributed by atoms with Crippen LogP contribution in [0.25, 0.3) is 0 Å². The standard InChI is InChI=1S/C7H8Cl6O3/c1-6(10,11)3(8)15-5(14)16-4(9)7(2,12)13/h3-4H,1-2H3. The second-order valence-electron chi connectivity index (χ2n) is 3.03. The molecule has 0 aliphatic heterocycles. The van der Waals surface area contributed by atoms with Crippen molar-refractivity contribution in [3.63, 3.8) is 0 Å². The molecule has 0 aliphatic carbocycles. The first kappa shape index (κ1) is 17.0. The molecule has 0 aliphatic rings. The lowest BCUT2D eigenvalue weighted by Crippen LogP contribution is -2.33. The fourth-order valence-electron chi connectivity index (χ4n) is 0.404. The van der Waals surface area contributed by atoms with Gasteiger partial charge in [0.05, 0.1) is 0 Å². The van der Waals surface area contributed by atoms with Gasteiger partial charge in [-0.1, -0.05) is 69.6 Å². The summed E-state index contributed by atoms with van der Waals surface area (Å²) < 4.78 is 6.11. The maximum absolute atomic E-state index is 11.1. The van der Waals surface area contributed by atoms with Crippen LogP contribution in [0, 0.1) is 0 Å². The van der Waals surface area contributed by atoms with E-state index in [1.807, 2.05) is 0 Å². The van der Waals surface area contributed by atoms with Gasteiger partial charge >= 0.3 is 6.16 Å². The maximum atomic E-state index is 11.1. The van der Waals surface area contributed by atoms with Gasteiger partial charge in [0.2, 0.25) is 11.1 Å². The molecule has 0 N–H and O–H groups in total. The summed E-state index contributed by atoms with van der Waals surface area (Å²) >= 11 is 33.4. The molecular formula is C7H8Cl6O3. The molecule has 0 spiro atoms. The van der Waals surface area contributed by atoms with E-state index in [0.717, 1.165) is 0 Å². The van der Waals surface area contributed by atoms with Gasteiger partial charge in [-0.05, 0) is 13.8 Å². The molecule has 0 heterocycles. The van der Waals surface area contributed by atoms with Gasteiger partial charge in [0, 0.05) is 0 Å². The van der Waals surface area contributed by atoms with Crippen LogP contribution in [0.15, 0.2) is 0 Å². The van der Waals surface area contributed by atoms with Crippen molar-refractivity contribution < 1.29 is 14.3 Å². The summed E-state index contributed by atoms with van der Waals surface area (Å²) in [5.74, 6) is 0. The van der Waals surface area contributed by atoms with Crippen LogP contribution in [0.1, 0.15) is 13.8 Å². The Balaban J connectivity index is 4.21. The normalized spacial score (nSPS) is 16.5. The highest BCUT2D eigenvalue weighted by molar-refractivity contribution is 6.52. The molecule has 0 aromatic rings. The predicted molar refractivity (Wildman–Crippen MR) is 67.1 cm³/mol. The molecule has 0 aromatic heterocycles. The van der Waals surface area contributed by atoms with Gasteiger partial charge in [0.15, 0.2) is 8.67 Å². The minimum absolute atomic E-state index is 1.18. The van der Waals surface area contributed by atoms with E-state index in [9.17, 15) is 4.79 Å². The fourth-order valence-corrected chi connectivity index (χ4v) is 0.727. The zero-order valence-corrected chi connectivity index (χ0v) is 12.7. The van der Waals surface area contributed by atoms with Crippen molar-refractivity contribution in [2.24, 2.45) is 0 Å². The van der Waals surface area contributed by atoms with Crippen LogP contribution in [0.2, 0.25) is 0 Å². The third-order valence-electron chi connectivity index (χ3n) is 1.20. The molecule has 0 saturated carbocycles. The van der Waals surface area contributed by atoms with E-state index < -0.39 is 25.9 Å². The van der Waals surface area contributed by atoms with Crippen LogP contribution in [-0.2, 0) is 9.47 Å². The summed E-state index contributed by atoms with van der Waals surface area (Å²) in [6, 6.07) is 0. The van der Waals surface area contributed by atoms with Gasteiger partial charge in [-0.15, -0.1) is 0 Å². The highest BCUT2D eigenvalue weighted by Gasteiger charge is 2.35. The zero-order valence-electron chi connectivity index (χ0n) is 8.15. The average molecular weight is 353 g/mol. The van der Waals surface area contributed by atoms with Crippen LogP contribution >= 0.6 is 69.6 Å². The van der Waals surface area contributed by atoms with E-state index in [0.29, 0.717) is 0 Å². The summed E-state index contributed by atoms with van der Waals surface area (Å²) in [7, 11) is 0. The van der Waals surface area contributed by atoms with Crippen molar-refractivity contribution in [3.05, 3.63) is 0 Å². The molecule has 0 bridgehead atoms. The van der Waals surface area contributed by atoms with E-state index in [-0.39, 0.29) is 0 Å². The smallest absolute Gasteiger partial charge is 0.411 e. The van der Waals surface area contributed by atoms with Crippen molar-refractivity contribution in [2.45, 2.75) is 33.6 Å². The molecule has 16 heavy (non-hydrogen) atoms. The quantitative estimate of drug-likeness (QED) is 0.545. The van der Waals surface area contributed by atoms with Crippen molar-refractivity contribution in [1.82, 2.24) is 0 Å². The Bertz CT molecular complexity index is 221. The second kappa shape index (κ2) is 6.26. The minimum Gasteiger partial charge on any atom is -0.411 e. The Morgan fingerprint density at radius 1 is 0.938 bits per heavy atom. The molecule has 0 saturated heterocycles. The Hall–Kier alpha value is 1.01. The van der Waals surface area contributed by atoms with Gasteiger partial charge in [0.25, 0.3) is 0 Å². The molecular weight excluding hydrogens is 345 g/mol. The fraction of sp³-hybridized carbons (Fsp3) is 0.857. The number of carbonyl (C=O) groups is 1. The number of ether oxygens (including phenoxy) is 2. The molecule has 0 radical (unpaired) electrons. The number of hydrogen-bond donors (Lipinski definition) is 0. The van der Waals surface area contributed by atoms with Gasteiger partial charge in [0.1, 0.15) is 0 Å². The largest absolute Gasteiger partial charge is 0.511 e. The lowest BCUT2D eigenvalue weighted by Gasteiger charge is -2.23. The highest BCUT2D eigenvalue weighted by atomic mass is 35.5. The van der Waals surface area contributed by atoms with Gasteiger partial charge in [-0.2, -0.15) is 0 Å². The van der Waals surface area contributed by atoms with Crippen LogP contribution in [0.5, 0.6) is 0 Å². The second-order valence-corrected chi connectivity index (χ2v) is 7.35. The van der Waals surface area contributed by atoms with E-state index in [1.54, 1.807) is 0 Å². The minimum atomic E-state index is -1.46. The average Bonchev–Trinajstić information content (AvgIpc) is 1.99. The number of halogens is 6. The molecule has 0 rings (SSSR count). The van der Waals surface area contributed by atoms with Crippen molar-refractivity contribution in [1.29, 1.82) is 0 Å². The number of rotatable bonds is 4. The summed E-state index contributed by atoms with van der Waals surface area (Å²) in [6.07, 6.45) is -1.18. The van der Waals surface area contributed by atoms with Crippen molar-refractivity contribution in [2.75, 3.05) is 0 Å². The van der Waals surface area contributed by atoms with Crippen molar-refractivity contribution >= 4 is 75.8 Å². The molecule has 3 nitrogen and oxygen atoms in total. The molecule has 2 unspecified atom stereocenters. The summed E-state index contributed by atoms with van der Waals surface area (Å²) in [5, 5.41) is 0. The molecule has 2 atom stereocenters. The molecule has 0 aromatic carbocycles. The Morgan fingerprint density at radius 2 is 1.19 bits per heavy atom. The van der Waals surface area contributed by atoms with Gasteiger partial charge in [-0.3, -0.25) is 0 Å². The van der Waals surface area contributed by atoms with Crippen LogP contribution in [-0.4, -0.2) is 25.9 Å². The number of carbonyl (C=O) groups excluding carboxylic acids is 1. The Kier molecular flexibility index (Phi) is 6.65. The van der Waals surface area contributed by atoms with Crippen LogP contribution in [0.4, 0.5) is 4.79 Å². The topological polar surface area (TPSA) is 35.5 Å². The van der Waals surface area contributed by atoms with Crippen molar-refractivity contribution in [3.8, 4) is 0 Å². The van der Waals surface area contributed by atoms with E-state index in [1.165, 1.54) is 13.8 Å². The lowest BCUT2D eigenvalue weighted by molar-refractivity contribution is 0.0319. The molecule has 96 valence electrons. The van der Waals surface area contributed by atoms with E-state index >= 15 is 0 Å². The monoisotopic (exact) mass is 350 g/mol. The Labute approximate surface area is 123 Å². The summed E-state index contributed by atoms with van der Waals surface area (Å²) in [5.41, 5.74) is -2.60. The summed E-state index contributed by atoms with van der Waals surface area (Å²) in [4.78, 5) is 11.1. The number of hydrogen-bond acceptors (Lipinski definition) is 3. The van der Waals surface area contributed by atoms with Gasteiger partial charge < -0.3 is 9.47 Å². The highest BCUT2D eigenvalue weighted by Crippen LogP contribution is 2.32. The lowest BCUT2D eigenvalue weighted by atomic mass is 10.5. The molecule has 9 heteroatoms. The Morgan fingerprint density at radius 3 is 1.38 bits per heavy atom. The molecule has 0 amide bonds. The van der Waals surface area contributed by atoms with E-state index in [4.69, 9.17) is 69.6 Å². The van der Waals surface area contributed by atoms with Crippen LogP contribution in [0.3, 0.4) is 0 Å². The first-order valence-corrected chi connectivity index (χ1v) is 6.24. The maximum Gasteiger partial charge on any atom is 0.511 e. The van der Waals surface area contributed by atoms with E-state index in [2.05, 4.69) is 9.47 Å². The number of alkyl halides is 6. The summed E-state index contributed by atoms with van der Waals surface area (Å²) in [6.45, 7) is 2.68.